The van der Waals surface area contributed by atoms with Crippen LogP contribution < -0.4 is 20.1 Å². The van der Waals surface area contributed by atoms with Gasteiger partial charge in [0.05, 0.1) is 363 Å². The first kappa shape index (κ1) is 116. The van der Waals surface area contributed by atoms with Gasteiger partial charge in [0.15, 0.2) is 24.0 Å². The second kappa shape index (κ2) is 87.5. The lowest BCUT2D eigenvalue weighted by Crippen LogP contribution is -2.42. The Labute approximate surface area is 747 Å². The minimum atomic E-state index is -1.89. The van der Waals surface area contributed by atoms with Crippen LogP contribution in [-0.4, -0.2) is 437 Å². The fourth-order valence-corrected chi connectivity index (χ4v) is 10.1. The highest BCUT2D eigenvalue weighted by molar-refractivity contribution is 6.13. The Morgan fingerprint density at radius 1 is 0.328 bits per heavy atom. The Morgan fingerprint density at radius 2 is 0.602 bits per heavy atom. The summed E-state index contributed by atoms with van der Waals surface area (Å²) >= 11 is 0. The number of methoxy groups -OCH3 is 1. The quantitative estimate of drug-likeness (QED) is 0.0240. The number of halogens is 4. The van der Waals surface area contributed by atoms with E-state index >= 15 is 0 Å². The van der Waals surface area contributed by atoms with E-state index in [1.165, 1.54) is 12.1 Å². The normalized spacial score (nSPS) is 12.4. The molecule has 1 aliphatic rings. The van der Waals surface area contributed by atoms with Gasteiger partial charge in [-0.25, -0.2) is 13.6 Å². The molecule has 4 amide bonds. The molecule has 0 aliphatic carbocycles. The molecule has 3 rings (SSSR count). The van der Waals surface area contributed by atoms with E-state index < -0.39 is 65.4 Å². The molecule has 43 heteroatoms. The number of ketones is 1. The number of ether oxygens (including phenoxy) is 30. The van der Waals surface area contributed by atoms with Gasteiger partial charge in [-0.3, -0.25) is 28.9 Å². The van der Waals surface area contributed by atoms with Gasteiger partial charge in [-0.05, 0) is 30.5 Å². The van der Waals surface area contributed by atoms with Crippen LogP contribution in [0.4, 0.5) is 17.6 Å². The van der Waals surface area contributed by atoms with Crippen LogP contribution in [0.2, 0.25) is 0 Å². The maximum Gasteiger partial charge on any atom is 0.349 e. The number of Topliss-reactive ketones (excluding diaryl/α,β-unsaturated/α-hetero) is 1. The third-order valence-electron chi connectivity index (χ3n) is 16.7. The third-order valence-corrected chi connectivity index (χ3v) is 16.7. The molecule has 2 N–H and O–H groups in total. The third kappa shape index (κ3) is 70.6. The summed E-state index contributed by atoms with van der Waals surface area (Å²) in [6.45, 7) is 22.0. The first-order valence-corrected chi connectivity index (χ1v) is 43.3. The molecule has 0 aromatic heterocycles. The first-order valence-electron chi connectivity index (χ1n) is 43.3. The average molecular weight is 1860 g/mol. The number of hydrogen-bond donors (Lipinski definition) is 2. The van der Waals surface area contributed by atoms with E-state index in [2.05, 4.69) is 15.4 Å². The fraction of sp³-hybridized carbons (Fsp3) is 0.765. The van der Waals surface area contributed by atoms with E-state index in [9.17, 15) is 46.3 Å². The van der Waals surface area contributed by atoms with Gasteiger partial charge in [0, 0.05) is 64.3 Å². The Balaban J connectivity index is 1.01. The molecule has 738 valence electrons. The molecule has 0 bridgehead atoms. The van der Waals surface area contributed by atoms with Gasteiger partial charge >= 0.3 is 5.97 Å². The average Bonchev–Trinajstić information content (AvgIpc) is 0.978. The lowest BCUT2D eigenvalue weighted by Gasteiger charge is -2.18. The summed E-state index contributed by atoms with van der Waals surface area (Å²) in [6.07, 6.45) is 2.69. The van der Waals surface area contributed by atoms with Gasteiger partial charge in [0.25, 0.3) is 11.8 Å². The number of esters is 1. The lowest BCUT2D eigenvalue weighted by molar-refractivity contribution is -0.138. The minimum Gasteiger partial charge on any atom is -0.482 e. The highest BCUT2D eigenvalue weighted by atomic mass is 19.2. The van der Waals surface area contributed by atoms with Gasteiger partial charge in [-0.2, -0.15) is 8.78 Å². The smallest absolute Gasteiger partial charge is 0.349 e. The number of rotatable bonds is 99. The van der Waals surface area contributed by atoms with E-state index in [-0.39, 0.29) is 135 Å². The van der Waals surface area contributed by atoms with Gasteiger partial charge in [-0.1, -0.05) is 12.1 Å². The molecule has 2 aromatic carbocycles. The molecule has 39 nitrogen and oxygen atoms in total. The molecule has 2 aromatic rings. The number of amides is 4. The van der Waals surface area contributed by atoms with Gasteiger partial charge in [-0.15, -0.1) is 0 Å². The molecule has 1 atom stereocenters. The van der Waals surface area contributed by atoms with Crippen LogP contribution in [0.5, 0.6) is 11.5 Å². The molecule has 1 unspecified atom stereocenters. The number of carbonyl (C=O) groups excluding carboxylic acids is 6. The van der Waals surface area contributed by atoms with Gasteiger partial charge in [0.1, 0.15) is 5.75 Å². The topological polar surface area (TPSA) is 407 Å². The molecule has 0 fully saturated rings. The molecule has 0 spiro atoms. The van der Waals surface area contributed by atoms with Crippen molar-refractivity contribution in [2.75, 3.05) is 390 Å². The largest absolute Gasteiger partial charge is 0.482 e. The minimum absolute atomic E-state index is 0.00426. The van der Waals surface area contributed by atoms with Crippen molar-refractivity contribution in [1.29, 1.82) is 0 Å². The zero-order valence-electron chi connectivity index (χ0n) is 74.3. The Morgan fingerprint density at radius 3 is 0.898 bits per heavy atom. The van der Waals surface area contributed by atoms with E-state index in [0.717, 1.165) is 17.1 Å². The zero-order chi connectivity index (χ0) is 91.8. The molecular formula is C85H139F4N3O36. The van der Waals surface area contributed by atoms with Crippen LogP contribution in [0, 0.1) is 23.3 Å². The molecule has 0 saturated heterocycles. The Kier molecular flexibility index (Phi) is 79.2. The number of hydrogen-bond acceptors (Lipinski definition) is 36. The van der Waals surface area contributed by atoms with Crippen molar-refractivity contribution in [3.05, 3.63) is 71.3 Å². The molecular weight excluding hydrogens is 1710 g/mol. The fourth-order valence-electron chi connectivity index (χ4n) is 10.1. The Hall–Kier alpha value is -6.20. The van der Waals surface area contributed by atoms with E-state index in [1.807, 2.05) is 0 Å². The van der Waals surface area contributed by atoms with Crippen LogP contribution in [-0.2, 0) is 168 Å². The van der Waals surface area contributed by atoms with E-state index in [4.69, 9.17) is 137 Å². The SMILES string of the molecule is COCCOCCOCCOCCOCCOCCOCCOCCOCCOCCOCCOCCOCCOCCOCCOCCOCCOCCOCCOCCOCCOCCOCCOCCCC(=O)C(Cc1ccc(OCC(=O)Oc2c(F)c(F)cc(F)c2F)cc1)NC(=O)CCOCCOCCOCCOCCNC(=O)CCN1C(=O)C=CC1=O. The number of benzene rings is 2. The summed E-state index contributed by atoms with van der Waals surface area (Å²) in [4.78, 5) is 75.1. The number of nitrogens with one attached hydrogen (secondary N) is 2. The molecule has 0 radical (unpaired) electrons. The summed E-state index contributed by atoms with van der Waals surface area (Å²) < 4.78 is 219. The molecule has 0 saturated carbocycles. The van der Waals surface area contributed by atoms with Crippen LogP contribution in [0.1, 0.15) is 31.2 Å². The molecule has 1 heterocycles. The van der Waals surface area contributed by atoms with E-state index in [0.29, 0.717) is 303 Å². The number of carbonyl (C=O) groups is 6. The second-order valence-corrected chi connectivity index (χ2v) is 26.6. The van der Waals surface area contributed by atoms with Crippen LogP contribution in [0.3, 0.4) is 0 Å². The number of nitrogens with zero attached hydrogens (tertiary/aromatic N) is 1. The summed E-state index contributed by atoms with van der Waals surface area (Å²) in [6, 6.07) is 5.01. The van der Waals surface area contributed by atoms with Gasteiger partial charge in [0.2, 0.25) is 29.2 Å². The van der Waals surface area contributed by atoms with Crippen molar-refractivity contribution >= 4 is 35.4 Å². The molecule has 1 aliphatic heterocycles. The standard InChI is InChI=1S/C85H139F4N3O36/c1-99-17-18-103-25-26-107-31-32-109-35-36-111-39-40-113-43-44-115-47-48-117-51-52-119-55-56-121-59-60-123-63-64-125-67-68-126-66-65-124-62-61-122-58-57-120-54-53-118-50-49-116-46-45-114-42-41-112-38-37-110-34-33-108-30-27-104-22-19-100-14-2-3-77(93)76(69-72-4-6-73(7-5-72)127-71-82(98)128-85-83(88)74(86)70-75(87)84(85)89)91-79(95)11-15-101-20-23-105-28-29-106-24-21-102-16-12-90-78(94)10-13-92-80(96)8-9-81(92)97/h4-9,70,76H,2-3,10-69,71H2,1H3,(H,90,94)(H,91,95). The van der Waals surface area contributed by atoms with Crippen molar-refractivity contribution in [2.24, 2.45) is 0 Å². The maximum atomic E-state index is 14.0. The van der Waals surface area contributed by atoms with Crippen molar-refractivity contribution in [3.63, 3.8) is 0 Å². The molecule has 128 heavy (non-hydrogen) atoms. The highest BCUT2D eigenvalue weighted by Gasteiger charge is 2.26. The maximum absolute atomic E-state index is 14.0. The number of imide groups is 1. The second-order valence-electron chi connectivity index (χ2n) is 26.6. The summed E-state index contributed by atoms with van der Waals surface area (Å²) in [5.41, 5.74) is 0.585. The van der Waals surface area contributed by atoms with Crippen molar-refractivity contribution in [1.82, 2.24) is 15.5 Å². The highest BCUT2D eigenvalue weighted by Crippen LogP contribution is 2.27. The monoisotopic (exact) mass is 1850 g/mol. The Bertz CT molecular complexity index is 2980. The predicted octanol–water partition coefficient (Wildman–Crippen LogP) is 2.52. The van der Waals surface area contributed by atoms with Crippen molar-refractivity contribution < 1.29 is 188 Å². The summed E-state index contributed by atoms with van der Waals surface area (Å²) in [5, 5.41) is 5.44. The lowest BCUT2D eigenvalue weighted by atomic mass is 9.99. The van der Waals surface area contributed by atoms with Crippen LogP contribution in [0.25, 0.3) is 0 Å². The predicted molar refractivity (Wildman–Crippen MR) is 446 cm³/mol. The summed E-state index contributed by atoms with van der Waals surface area (Å²) in [7, 11) is 1.64. The van der Waals surface area contributed by atoms with Crippen LogP contribution in [0.15, 0.2) is 42.5 Å². The first-order chi connectivity index (χ1) is 62.9. The summed E-state index contributed by atoms with van der Waals surface area (Å²) in [5.74, 6) is -12.0. The van der Waals surface area contributed by atoms with E-state index in [1.54, 1.807) is 19.2 Å². The van der Waals surface area contributed by atoms with Crippen molar-refractivity contribution in [3.8, 4) is 11.5 Å². The van der Waals surface area contributed by atoms with Gasteiger partial charge < -0.3 is 153 Å². The van der Waals surface area contributed by atoms with Crippen LogP contribution >= 0.6 is 0 Å². The zero-order valence-corrected chi connectivity index (χ0v) is 74.3. The van der Waals surface area contributed by atoms with Crippen molar-refractivity contribution in [2.45, 2.75) is 38.1 Å².